The molecule has 0 rings (SSSR count). The van der Waals surface area contributed by atoms with Crippen molar-refractivity contribution in [1.82, 2.24) is 10.3 Å². The van der Waals surface area contributed by atoms with Crippen LogP contribution < -0.4 is 5.25 Å². The van der Waals surface area contributed by atoms with Crippen molar-refractivity contribution >= 4 is 8.53 Å². The monoisotopic (exact) mass is 193 g/mol. The summed E-state index contributed by atoms with van der Waals surface area (Å²) in [6.07, 6.45) is 0.276. The highest BCUT2D eigenvalue weighted by Crippen LogP contribution is 2.25. The average Bonchev–Trinajstić information content (AvgIpc) is 1.97. The molecular weight excluding hydrogens is 181 g/mol. The Bertz CT molecular complexity index is 149. The second-order valence-corrected chi connectivity index (χ2v) is 2.91. The summed E-state index contributed by atoms with van der Waals surface area (Å²) in [7, 11) is 1.49. The first-order chi connectivity index (χ1) is 5.66. The SMILES string of the molecule is CN(C)OP(O)NOCCC#N. The standard InChI is InChI=1S/C5H12N3O3P/c1-8(2)11-12(9)7-10-5-3-4-6/h7,9H,3,5H2,1-2H3. The Morgan fingerprint density at radius 1 is 1.67 bits per heavy atom. The Balaban J connectivity index is 3.20. The Kier molecular flexibility index (Phi) is 7.20. The van der Waals surface area contributed by atoms with Crippen LogP contribution in [0.4, 0.5) is 0 Å². The van der Waals surface area contributed by atoms with E-state index in [-0.39, 0.29) is 13.0 Å². The Hall–Kier alpha value is -0.280. The van der Waals surface area contributed by atoms with Crippen LogP contribution in [0.2, 0.25) is 0 Å². The predicted octanol–water partition coefficient (Wildman–Crippen LogP) is 0.134. The molecule has 70 valence electrons. The molecule has 0 bridgehead atoms. The number of nitrogens with one attached hydrogen (secondary N) is 1. The van der Waals surface area contributed by atoms with Gasteiger partial charge in [0, 0.05) is 14.1 Å². The van der Waals surface area contributed by atoms with Crippen LogP contribution >= 0.6 is 8.53 Å². The molecule has 0 aromatic carbocycles. The maximum Gasteiger partial charge on any atom is 0.296 e. The molecule has 0 aromatic heterocycles. The fourth-order valence-electron chi connectivity index (χ4n) is 0.369. The van der Waals surface area contributed by atoms with Crippen molar-refractivity contribution in [3.05, 3.63) is 0 Å². The van der Waals surface area contributed by atoms with Crippen LogP contribution in [0.15, 0.2) is 0 Å². The molecule has 6 nitrogen and oxygen atoms in total. The molecule has 0 aliphatic carbocycles. The van der Waals surface area contributed by atoms with Gasteiger partial charge in [-0.25, -0.2) is 4.62 Å². The summed E-state index contributed by atoms with van der Waals surface area (Å²) >= 11 is 0. The largest absolute Gasteiger partial charge is 0.336 e. The first kappa shape index (κ1) is 11.7. The van der Waals surface area contributed by atoms with Crippen LogP contribution in [0.1, 0.15) is 6.42 Å². The van der Waals surface area contributed by atoms with Crippen molar-refractivity contribution in [2.75, 3.05) is 20.7 Å². The molecule has 1 atom stereocenters. The van der Waals surface area contributed by atoms with E-state index in [1.165, 1.54) is 5.06 Å². The van der Waals surface area contributed by atoms with Gasteiger partial charge in [-0.1, -0.05) is 0 Å². The van der Waals surface area contributed by atoms with E-state index < -0.39 is 8.53 Å². The number of nitriles is 1. The number of hydrogen-bond acceptors (Lipinski definition) is 6. The lowest BCUT2D eigenvalue weighted by Crippen LogP contribution is -2.16. The fourth-order valence-corrected chi connectivity index (χ4v) is 0.913. The highest BCUT2D eigenvalue weighted by Gasteiger charge is 2.05. The van der Waals surface area contributed by atoms with Gasteiger partial charge < -0.3 is 4.89 Å². The first-order valence-corrected chi connectivity index (χ1v) is 4.47. The molecule has 0 aliphatic rings. The van der Waals surface area contributed by atoms with Crippen molar-refractivity contribution in [1.29, 1.82) is 5.26 Å². The minimum Gasteiger partial charge on any atom is -0.336 e. The van der Waals surface area contributed by atoms with Crippen LogP contribution in [0, 0.1) is 11.3 Å². The highest BCUT2D eigenvalue weighted by atomic mass is 31.2. The zero-order chi connectivity index (χ0) is 9.40. The summed E-state index contributed by atoms with van der Waals surface area (Å²) in [6, 6.07) is 1.89. The Morgan fingerprint density at radius 3 is 2.83 bits per heavy atom. The average molecular weight is 193 g/mol. The molecule has 0 heterocycles. The van der Waals surface area contributed by atoms with Gasteiger partial charge in [0.25, 0.3) is 8.53 Å². The third-order valence-corrected chi connectivity index (χ3v) is 1.47. The first-order valence-electron chi connectivity index (χ1n) is 3.25. The van der Waals surface area contributed by atoms with Gasteiger partial charge in [-0.3, -0.25) is 4.84 Å². The van der Waals surface area contributed by atoms with E-state index in [1.54, 1.807) is 14.1 Å². The molecule has 0 amide bonds. The third kappa shape index (κ3) is 7.82. The van der Waals surface area contributed by atoms with Gasteiger partial charge in [0.1, 0.15) is 0 Å². The fraction of sp³-hybridized carbons (Fsp3) is 0.800. The zero-order valence-corrected chi connectivity index (χ0v) is 7.91. The van der Waals surface area contributed by atoms with Crippen molar-refractivity contribution < 1.29 is 14.4 Å². The molecule has 12 heavy (non-hydrogen) atoms. The molecule has 0 aromatic rings. The summed E-state index contributed by atoms with van der Waals surface area (Å²) < 4.78 is 4.77. The van der Waals surface area contributed by atoms with Crippen molar-refractivity contribution in [3.8, 4) is 6.07 Å². The van der Waals surface area contributed by atoms with Crippen LogP contribution in [0.5, 0.6) is 0 Å². The highest BCUT2D eigenvalue weighted by molar-refractivity contribution is 7.43. The quantitative estimate of drug-likeness (QED) is 0.355. The molecule has 2 N–H and O–H groups in total. The summed E-state index contributed by atoms with van der Waals surface area (Å²) in [6.45, 7) is 0.229. The van der Waals surface area contributed by atoms with Crippen LogP contribution in [0.25, 0.3) is 0 Å². The topological polar surface area (TPSA) is 77.8 Å². The predicted molar refractivity (Wildman–Crippen MR) is 43.2 cm³/mol. The van der Waals surface area contributed by atoms with E-state index in [1.807, 2.05) is 6.07 Å². The summed E-state index contributed by atoms with van der Waals surface area (Å²) in [5, 5.41) is 11.7. The molecule has 0 fully saturated rings. The molecule has 7 heteroatoms. The lowest BCUT2D eigenvalue weighted by molar-refractivity contribution is -0.0206. The number of hydroxylamine groups is 2. The summed E-state index contributed by atoms with van der Waals surface area (Å²) in [4.78, 5) is 13.7. The molecule has 0 aliphatic heterocycles. The van der Waals surface area contributed by atoms with E-state index in [0.29, 0.717) is 0 Å². The third-order valence-electron chi connectivity index (χ3n) is 0.699. The molecule has 0 saturated carbocycles. The van der Waals surface area contributed by atoms with E-state index in [4.69, 9.17) is 19.6 Å². The van der Waals surface area contributed by atoms with Gasteiger partial charge >= 0.3 is 0 Å². The van der Waals surface area contributed by atoms with Crippen molar-refractivity contribution in [3.63, 3.8) is 0 Å². The van der Waals surface area contributed by atoms with E-state index >= 15 is 0 Å². The number of hydrogen-bond donors (Lipinski definition) is 2. The van der Waals surface area contributed by atoms with Crippen LogP contribution in [0.3, 0.4) is 0 Å². The second kappa shape index (κ2) is 7.37. The number of rotatable bonds is 6. The van der Waals surface area contributed by atoms with Gasteiger partial charge in [-0.15, -0.1) is 5.25 Å². The lowest BCUT2D eigenvalue weighted by Gasteiger charge is -2.14. The van der Waals surface area contributed by atoms with E-state index in [2.05, 4.69) is 5.25 Å². The van der Waals surface area contributed by atoms with E-state index in [0.717, 1.165) is 0 Å². The second-order valence-electron chi connectivity index (χ2n) is 2.01. The Morgan fingerprint density at radius 2 is 2.33 bits per heavy atom. The van der Waals surface area contributed by atoms with Gasteiger partial charge in [0.2, 0.25) is 0 Å². The van der Waals surface area contributed by atoms with Crippen molar-refractivity contribution in [2.24, 2.45) is 0 Å². The van der Waals surface area contributed by atoms with Gasteiger partial charge in [0.15, 0.2) is 0 Å². The number of nitrogens with zero attached hydrogens (tertiary/aromatic N) is 2. The molecule has 0 radical (unpaired) electrons. The van der Waals surface area contributed by atoms with Crippen molar-refractivity contribution in [2.45, 2.75) is 6.42 Å². The maximum absolute atomic E-state index is 9.00. The zero-order valence-electron chi connectivity index (χ0n) is 7.02. The maximum atomic E-state index is 9.00. The normalized spacial score (nSPS) is 12.9. The minimum atomic E-state index is -1.79. The molecule has 1 unspecified atom stereocenters. The molecule has 0 spiro atoms. The van der Waals surface area contributed by atoms with Gasteiger partial charge in [-0.2, -0.15) is 10.3 Å². The van der Waals surface area contributed by atoms with Gasteiger partial charge in [0.05, 0.1) is 19.1 Å². The summed E-state index contributed by atoms with van der Waals surface area (Å²) in [5.74, 6) is 0. The Labute approximate surface area is 72.6 Å². The van der Waals surface area contributed by atoms with Crippen LogP contribution in [-0.2, 0) is 9.46 Å². The smallest absolute Gasteiger partial charge is 0.296 e. The summed E-state index contributed by atoms with van der Waals surface area (Å²) in [5.41, 5.74) is 0. The van der Waals surface area contributed by atoms with Crippen LogP contribution in [-0.4, -0.2) is 30.7 Å². The van der Waals surface area contributed by atoms with E-state index in [9.17, 15) is 0 Å². The molecule has 0 saturated heterocycles. The minimum absolute atomic E-state index is 0.229. The molecular formula is C5H12N3O3P. The van der Waals surface area contributed by atoms with Gasteiger partial charge in [-0.05, 0) is 0 Å². The lowest BCUT2D eigenvalue weighted by atomic mass is 10.5.